The second-order valence-corrected chi connectivity index (χ2v) is 7.44. The van der Waals surface area contributed by atoms with Crippen molar-refractivity contribution >= 4 is 5.91 Å². The topological polar surface area (TPSA) is 58.1 Å². The number of benzene rings is 1. The molecule has 1 fully saturated rings. The van der Waals surface area contributed by atoms with Gasteiger partial charge in [0.25, 0.3) is 0 Å². The van der Waals surface area contributed by atoms with Crippen molar-refractivity contribution in [3.8, 4) is 0 Å². The fraction of sp³-hybridized carbons (Fsp3) is 0.476. The van der Waals surface area contributed by atoms with E-state index in [9.17, 15) is 4.79 Å². The number of nitrogens with one attached hydrogen (secondary N) is 1. The minimum atomic E-state index is 0.227. The molecule has 5 heteroatoms. The number of aromatic nitrogens is 2. The molecule has 1 saturated heterocycles. The van der Waals surface area contributed by atoms with Gasteiger partial charge in [-0.3, -0.25) is 4.79 Å². The molecule has 0 radical (unpaired) electrons. The molecule has 2 aromatic rings. The van der Waals surface area contributed by atoms with E-state index < -0.39 is 0 Å². The van der Waals surface area contributed by atoms with Crippen LogP contribution >= 0.6 is 0 Å². The Morgan fingerprint density at radius 2 is 2.00 bits per heavy atom. The number of piperidine rings is 1. The molecule has 2 aliphatic rings. The van der Waals surface area contributed by atoms with Gasteiger partial charge in [0.2, 0.25) is 5.91 Å². The lowest BCUT2D eigenvalue weighted by molar-refractivity contribution is -0.131. The summed E-state index contributed by atoms with van der Waals surface area (Å²) in [5.41, 5.74) is 4.74. The van der Waals surface area contributed by atoms with Crippen LogP contribution in [0.25, 0.3) is 0 Å². The molecule has 1 amide bonds. The number of fused-ring (bicyclic) bond motifs is 1. The summed E-state index contributed by atoms with van der Waals surface area (Å²) in [4.78, 5) is 24.0. The van der Waals surface area contributed by atoms with E-state index in [4.69, 9.17) is 4.98 Å². The van der Waals surface area contributed by atoms with Gasteiger partial charge >= 0.3 is 0 Å². The van der Waals surface area contributed by atoms with E-state index in [-0.39, 0.29) is 5.91 Å². The van der Waals surface area contributed by atoms with E-state index in [0.717, 1.165) is 56.8 Å². The van der Waals surface area contributed by atoms with Gasteiger partial charge in [-0.05, 0) is 25.3 Å². The molecule has 1 aromatic carbocycles. The molecule has 136 valence electrons. The number of hydrogen-bond acceptors (Lipinski definition) is 4. The minimum Gasteiger partial charge on any atom is -0.342 e. The predicted octanol–water partition coefficient (Wildman–Crippen LogP) is 2.38. The molecular formula is C21H26N4O. The van der Waals surface area contributed by atoms with E-state index in [1.165, 1.54) is 16.8 Å². The monoisotopic (exact) mass is 350 g/mol. The fourth-order valence-corrected chi connectivity index (χ4v) is 3.83. The van der Waals surface area contributed by atoms with Crippen molar-refractivity contribution in [3.05, 3.63) is 58.7 Å². The second kappa shape index (κ2) is 7.54. The van der Waals surface area contributed by atoms with Crippen LogP contribution in [-0.4, -0.2) is 40.4 Å². The van der Waals surface area contributed by atoms with Crippen molar-refractivity contribution in [2.75, 3.05) is 19.6 Å². The van der Waals surface area contributed by atoms with Gasteiger partial charge in [0, 0.05) is 56.0 Å². The van der Waals surface area contributed by atoms with Crippen LogP contribution in [0, 0.1) is 6.92 Å². The summed E-state index contributed by atoms with van der Waals surface area (Å²) in [6.45, 7) is 5.54. The Morgan fingerprint density at radius 1 is 1.23 bits per heavy atom. The number of carbonyl (C=O) groups excluding carboxylic acids is 1. The quantitative estimate of drug-likeness (QED) is 0.923. The highest BCUT2D eigenvalue weighted by Crippen LogP contribution is 2.27. The van der Waals surface area contributed by atoms with E-state index >= 15 is 0 Å². The van der Waals surface area contributed by atoms with Crippen LogP contribution in [0.4, 0.5) is 0 Å². The summed E-state index contributed by atoms with van der Waals surface area (Å²) in [5, 5.41) is 3.36. The first-order valence-corrected chi connectivity index (χ1v) is 9.58. The van der Waals surface area contributed by atoms with Crippen molar-refractivity contribution in [1.29, 1.82) is 0 Å². The predicted molar refractivity (Wildman–Crippen MR) is 101 cm³/mol. The molecule has 4 rings (SSSR count). The molecule has 0 atom stereocenters. The Hall–Kier alpha value is -2.27. The Kier molecular flexibility index (Phi) is 4.98. The van der Waals surface area contributed by atoms with Gasteiger partial charge in [0.15, 0.2) is 0 Å². The molecule has 0 aliphatic carbocycles. The molecular weight excluding hydrogens is 324 g/mol. The Balaban J connectivity index is 1.35. The highest BCUT2D eigenvalue weighted by atomic mass is 16.2. The standard InChI is InChI=1S/C21H26N4O/c1-15-2-4-16(5-3-15)12-20(26)25-10-7-17(8-11-25)21-23-14-18-13-22-9-6-19(18)24-21/h2-5,14,17,22H,6-13H2,1H3. The smallest absolute Gasteiger partial charge is 0.226 e. The molecule has 3 heterocycles. The third-order valence-corrected chi connectivity index (χ3v) is 5.52. The molecule has 0 saturated carbocycles. The molecule has 0 bridgehead atoms. The van der Waals surface area contributed by atoms with Gasteiger partial charge < -0.3 is 10.2 Å². The summed E-state index contributed by atoms with van der Waals surface area (Å²) in [5.74, 6) is 1.57. The molecule has 0 spiro atoms. The first kappa shape index (κ1) is 17.2. The van der Waals surface area contributed by atoms with Gasteiger partial charge in [-0.25, -0.2) is 9.97 Å². The van der Waals surface area contributed by atoms with E-state index in [1.807, 2.05) is 11.1 Å². The number of aryl methyl sites for hydroxylation is 1. The van der Waals surface area contributed by atoms with E-state index in [1.54, 1.807) is 0 Å². The average molecular weight is 350 g/mol. The van der Waals surface area contributed by atoms with Crippen molar-refractivity contribution in [2.24, 2.45) is 0 Å². The van der Waals surface area contributed by atoms with Gasteiger partial charge in [0.05, 0.1) is 6.42 Å². The van der Waals surface area contributed by atoms with Crippen LogP contribution in [0.1, 0.15) is 47.0 Å². The van der Waals surface area contributed by atoms with Crippen LogP contribution in [-0.2, 0) is 24.2 Å². The summed E-state index contributed by atoms with van der Waals surface area (Å²) in [6.07, 6.45) is 5.37. The number of amides is 1. The zero-order valence-electron chi connectivity index (χ0n) is 15.4. The third-order valence-electron chi connectivity index (χ3n) is 5.52. The highest BCUT2D eigenvalue weighted by molar-refractivity contribution is 5.78. The van der Waals surface area contributed by atoms with Crippen LogP contribution in [0.15, 0.2) is 30.5 Å². The fourth-order valence-electron chi connectivity index (χ4n) is 3.83. The van der Waals surface area contributed by atoms with Gasteiger partial charge in [0.1, 0.15) is 5.82 Å². The van der Waals surface area contributed by atoms with Crippen molar-refractivity contribution < 1.29 is 4.79 Å². The first-order valence-electron chi connectivity index (χ1n) is 9.58. The molecule has 2 aliphatic heterocycles. The third kappa shape index (κ3) is 3.78. The van der Waals surface area contributed by atoms with Crippen molar-refractivity contribution in [2.45, 2.75) is 45.1 Å². The molecule has 1 N–H and O–H groups in total. The van der Waals surface area contributed by atoms with Gasteiger partial charge in [-0.15, -0.1) is 0 Å². The van der Waals surface area contributed by atoms with Crippen LogP contribution in [0.5, 0.6) is 0 Å². The molecule has 5 nitrogen and oxygen atoms in total. The number of carbonyl (C=O) groups is 1. The minimum absolute atomic E-state index is 0.227. The maximum atomic E-state index is 12.6. The van der Waals surface area contributed by atoms with Gasteiger partial charge in [-0.2, -0.15) is 0 Å². The normalized spacial score (nSPS) is 17.8. The molecule has 0 unspecified atom stereocenters. The Morgan fingerprint density at radius 3 is 2.77 bits per heavy atom. The van der Waals surface area contributed by atoms with Crippen molar-refractivity contribution in [3.63, 3.8) is 0 Å². The lowest BCUT2D eigenvalue weighted by Crippen LogP contribution is -2.39. The largest absolute Gasteiger partial charge is 0.342 e. The number of hydrogen-bond donors (Lipinski definition) is 1. The Labute approximate surface area is 154 Å². The maximum Gasteiger partial charge on any atom is 0.226 e. The van der Waals surface area contributed by atoms with E-state index in [0.29, 0.717) is 12.3 Å². The summed E-state index contributed by atoms with van der Waals surface area (Å²) in [6, 6.07) is 8.24. The average Bonchev–Trinajstić information content (AvgIpc) is 2.69. The van der Waals surface area contributed by atoms with Crippen LogP contribution in [0.2, 0.25) is 0 Å². The lowest BCUT2D eigenvalue weighted by Gasteiger charge is -2.31. The van der Waals surface area contributed by atoms with Crippen LogP contribution < -0.4 is 5.32 Å². The zero-order valence-corrected chi connectivity index (χ0v) is 15.4. The van der Waals surface area contributed by atoms with Gasteiger partial charge in [-0.1, -0.05) is 29.8 Å². The summed E-state index contributed by atoms with van der Waals surface area (Å²) >= 11 is 0. The molecule has 26 heavy (non-hydrogen) atoms. The maximum absolute atomic E-state index is 12.6. The van der Waals surface area contributed by atoms with Crippen LogP contribution in [0.3, 0.4) is 0 Å². The SMILES string of the molecule is Cc1ccc(CC(=O)N2CCC(c3ncc4c(n3)CCNC4)CC2)cc1. The summed E-state index contributed by atoms with van der Waals surface area (Å²) in [7, 11) is 0. The Bertz CT molecular complexity index is 779. The first-order chi connectivity index (χ1) is 12.7. The van der Waals surface area contributed by atoms with Crippen molar-refractivity contribution in [1.82, 2.24) is 20.2 Å². The van der Waals surface area contributed by atoms with E-state index in [2.05, 4.69) is 41.5 Å². The summed E-state index contributed by atoms with van der Waals surface area (Å²) < 4.78 is 0. The zero-order chi connectivity index (χ0) is 17.9. The molecule has 1 aromatic heterocycles. The number of nitrogens with zero attached hydrogens (tertiary/aromatic N) is 3. The number of likely N-dealkylation sites (tertiary alicyclic amines) is 1. The number of rotatable bonds is 3. The second-order valence-electron chi connectivity index (χ2n) is 7.44. The highest BCUT2D eigenvalue weighted by Gasteiger charge is 2.26. The lowest BCUT2D eigenvalue weighted by atomic mass is 9.95.